The maximum atomic E-state index is 15.4. The first kappa shape index (κ1) is 29.9. The highest BCUT2D eigenvalue weighted by Crippen LogP contribution is 2.41. The molecular formula is C30H24F2N4O8S2. The topological polar surface area (TPSA) is 177 Å². The van der Waals surface area contributed by atoms with Gasteiger partial charge in [0.2, 0.25) is 20.0 Å². The van der Waals surface area contributed by atoms with Gasteiger partial charge in [-0.25, -0.2) is 35.1 Å². The van der Waals surface area contributed by atoms with Gasteiger partial charge in [0.1, 0.15) is 22.9 Å². The van der Waals surface area contributed by atoms with Crippen molar-refractivity contribution in [2.24, 2.45) is 0 Å². The second kappa shape index (κ2) is 10.6. The molecule has 7 rings (SSSR count). The number of halogens is 2. The van der Waals surface area contributed by atoms with Crippen LogP contribution in [0.4, 0.5) is 8.78 Å². The zero-order valence-electron chi connectivity index (χ0n) is 23.7. The fraction of sp³-hybridized carbons (Fsp3) is 0.233. The summed E-state index contributed by atoms with van der Waals surface area (Å²) in [5, 5.41) is -1.40. The number of carbonyl (C=O) groups excluding carboxylic acids is 2. The van der Waals surface area contributed by atoms with E-state index >= 15 is 8.78 Å². The van der Waals surface area contributed by atoms with Gasteiger partial charge in [-0.15, -0.1) is 0 Å². The van der Waals surface area contributed by atoms with Crippen molar-refractivity contribution < 1.29 is 39.6 Å². The van der Waals surface area contributed by atoms with E-state index in [9.17, 15) is 31.2 Å². The number of rotatable bonds is 9. The van der Waals surface area contributed by atoms with Gasteiger partial charge in [-0.05, 0) is 68.1 Å². The summed E-state index contributed by atoms with van der Waals surface area (Å²) in [5.74, 6) is -3.80. The largest absolute Gasteiger partial charge is 0.463 e. The summed E-state index contributed by atoms with van der Waals surface area (Å²) in [4.78, 5) is 42.4. The van der Waals surface area contributed by atoms with Crippen molar-refractivity contribution >= 4 is 53.7 Å². The molecule has 2 aromatic carbocycles. The second-order valence-corrected chi connectivity index (χ2v) is 15.2. The van der Waals surface area contributed by atoms with Crippen LogP contribution in [0, 0.1) is 11.6 Å². The molecule has 0 spiro atoms. The Balaban J connectivity index is 1.46. The summed E-state index contributed by atoms with van der Waals surface area (Å²) in [6.07, 6.45) is 4.05. The molecule has 3 heterocycles. The van der Waals surface area contributed by atoms with E-state index in [2.05, 4.69) is 4.98 Å². The highest BCUT2D eigenvalue weighted by atomic mass is 32.2. The summed E-state index contributed by atoms with van der Waals surface area (Å²) >= 11 is 0. The lowest BCUT2D eigenvalue weighted by atomic mass is 10.0. The molecule has 238 valence electrons. The van der Waals surface area contributed by atoms with Crippen molar-refractivity contribution in [3.8, 4) is 11.1 Å². The predicted octanol–water partition coefficient (Wildman–Crippen LogP) is 3.51. The van der Waals surface area contributed by atoms with E-state index in [1.807, 2.05) is 9.44 Å². The maximum absolute atomic E-state index is 15.4. The number of nitrogens with zero attached hydrogens (tertiary/aromatic N) is 1. The molecule has 3 N–H and O–H groups in total. The molecule has 16 heteroatoms. The molecule has 3 aromatic heterocycles. The number of sulfonamides is 2. The van der Waals surface area contributed by atoms with Crippen molar-refractivity contribution in [1.29, 1.82) is 0 Å². The third kappa shape index (κ3) is 5.16. The third-order valence-corrected chi connectivity index (χ3v) is 11.7. The summed E-state index contributed by atoms with van der Waals surface area (Å²) in [5.41, 5.74) is -1.77. The molecule has 12 nitrogen and oxygen atoms in total. The Morgan fingerprint density at radius 2 is 1.59 bits per heavy atom. The molecule has 46 heavy (non-hydrogen) atoms. The van der Waals surface area contributed by atoms with Crippen molar-refractivity contribution in [3.63, 3.8) is 0 Å². The Hall–Kier alpha value is -4.83. The molecule has 0 saturated heterocycles. The summed E-state index contributed by atoms with van der Waals surface area (Å²) in [6.45, 7) is -0.568. The number of benzene rings is 2. The van der Waals surface area contributed by atoms with Gasteiger partial charge in [-0.1, -0.05) is 0 Å². The SMILES string of the molecule is O=C(NS(=O)(=O)C1CC1)c1ccc(F)c(Cn2c(C(=O)NS(=O)(=O)C3CC3)c(-c3ccc[nH]c3=O)c3c4occc4c(F)cc32)c1. The molecule has 2 aliphatic rings. The van der Waals surface area contributed by atoms with Gasteiger partial charge in [0.25, 0.3) is 17.4 Å². The second-order valence-electron chi connectivity index (χ2n) is 11.3. The molecule has 5 aromatic rings. The molecule has 0 bridgehead atoms. The van der Waals surface area contributed by atoms with Gasteiger partial charge in [-0.3, -0.25) is 14.4 Å². The van der Waals surface area contributed by atoms with Crippen molar-refractivity contribution in [1.82, 2.24) is 19.0 Å². The standard InChI is InChI=1S/C30H24F2N4O8S2/c31-21-8-3-15(28(37)34-45(40,41)17-4-5-17)12-16(21)14-36-23-13-22(32)19-9-11-44-27(19)25(23)24(20-2-1-10-33-29(20)38)26(36)30(39)35-46(42,43)18-6-7-18/h1-3,8-13,17-18H,4-7,14H2,(H,33,38)(H,34,37)(H,35,39). The Kier molecular flexibility index (Phi) is 6.90. The van der Waals surface area contributed by atoms with Gasteiger partial charge in [0.05, 0.1) is 45.2 Å². The van der Waals surface area contributed by atoms with E-state index in [-0.39, 0.29) is 44.1 Å². The highest BCUT2D eigenvalue weighted by molar-refractivity contribution is 7.91. The average molecular weight is 671 g/mol. The minimum Gasteiger partial charge on any atom is -0.463 e. The van der Waals surface area contributed by atoms with Crippen LogP contribution in [0.25, 0.3) is 33.0 Å². The lowest BCUT2D eigenvalue weighted by Crippen LogP contribution is -2.35. The molecular weight excluding hydrogens is 646 g/mol. The zero-order chi connectivity index (χ0) is 32.5. The summed E-state index contributed by atoms with van der Waals surface area (Å²) in [6, 6.07) is 8.35. The molecule has 0 aliphatic heterocycles. The van der Waals surface area contributed by atoms with Gasteiger partial charge in [0.15, 0.2) is 0 Å². The monoisotopic (exact) mass is 670 g/mol. The lowest BCUT2D eigenvalue weighted by Gasteiger charge is -2.14. The molecule has 2 saturated carbocycles. The van der Waals surface area contributed by atoms with Crippen LogP contribution in [0.2, 0.25) is 0 Å². The van der Waals surface area contributed by atoms with E-state index in [1.165, 1.54) is 30.7 Å². The van der Waals surface area contributed by atoms with Crippen LogP contribution in [-0.4, -0.2) is 48.7 Å². The van der Waals surface area contributed by atoms with Gasteiger partial charge in [-0.2, -0.15) is 0 Å². The van der Waals surface area contributed by atoms with Crippen LogP contribution in [0.5, 0.6) is 0 Å². The Labute approximate surface area is 259 Å². The van der Waals surface area contributed by atoms with E-state index in [1.54, 1.807) is 0 Å². The van der Waals surface area contributed by atoms with E-state index in [4.69, 9.17) is 4.42 Å². The Morgan fingerprint density at radius 3 is 2.24 bits per heavy atom. The van der Waals surface area contributed by atoms with Crippen LogP contribution in [0.3, 0.4) is 0 Å². The van der Waals surface area contributed by atoms with E-state index in [0.717, 1.165) is 28.8 Å². The first-order valence-corrected chi connectivity index (χ1v) is 17.3. The quantitative estimate of drug-likeness (QED) is 0.213. The van der Waals surface area contributed by atoms with E-state index < -0.39 is 71.8 Å². The van der Waals surface area contributed by atoms with Gasteiger partial charge < -0.3 is 14.0 Å². The minimum absolute atomic E-state index is 0.0116. The van der Waals surface area contributed by atoms with Gasteiger partial charge in [0, 0.05) is 22.9 Å². The number of aromatic nitrogens is 2. The first-order chi connectivity index (χ1) is 21.9. The zero-order valence-corrected chi connectivity index (χ0v) is 25.3. The van der Waals surface area contributed by atoms with Crippen LogP contribution in [0.15, 0.2) is 64.1 Å². The number of hydrogen-bond donors (Lipinski definition) is 3. The number of H-pyrrole nitrogens is 1. The number of amides is 2. The van der Waals surface area contributed by atoms with Gasteiger partial charge >= 0.3 is 0 Å². The molecule has 0 radical (unpaired) electrons. The summed E-state index contributed by atoms with van der Waals surface area (Å²) < 4.78 is 92.1. The predicted molar refractivity (Wildman–Crippen MR) is 162 cm³/mol. The average Bonchev–Trinajstić information content (AvgIpc) is 3.93. The summed E-state index contributed by atoms with van der Waals surface area (Å²) in [7, 11) is -8.06. The van der Waals surface area contributed by atoms with Crippen LogP contribution in [0.1, 0.15) is 52.1 Å². The molecule has 0 unspecified atom stereocenters. The van der Waals surface area contributed by atoms with Crippen LogP contribution < -0.4 is 15.0 Å². The normalized spacial score (nSPS) is 15.3. The fourth-order valence-corrected chi connectivity index (χ4v) is 8.06. The number of pyridine rings is 1. The minimum atomic E-state index is -4.14. The number of furan rings is 1. The van der Waals surface area contributed by atoms with Crippen molar-refractivity contribution in [2.45, 2.75) is 42.7 Å². The number of fused-ring (bicyclic) bond motifs is 3. The maximum Gasteiger partial charge on any atom is 0.282 e. The van der Waals surface area contributed by atoms with Crippen LogP contribution in [-0.2, 0) is 26.6 Å². The van der Waals surface area contributed by atoms with E-state index in [0.29, 0.717) is 25.7 Å². The van der Waals surface area contributed by atoms with Crippen molar-refractivity contribution in [2.75, 3.05) is 0 Å². The molecule has 2 fully saturated rings. The lowest BCUT2D eigenvalue weighted by molar-refractivity contribution is 0.0967. The van der Waals surface area contributed by atoms with Crippen LogP contribution >= 0.6 is 0 Å². The fourth-order valence-electron chi connectivity index (χ4n) is 5.48. The number of carbonyl (C=O) groups is 2. The third-order valence-electron chi connectivity index (χ3n) is 8.05. The number of aromatic amines is 1. The Morgan fingerprint density at radius 1 is 0.913 bits per heavy atom. The number of hydrogen-bond acceptors (Lipinski definition) is 8. The first-order valence-electron chi connectivity index (χ1n) is 14.2. The molecule has 0 atom stereocenters. The highest BCUT2D eigenvalue weighted by Gasteiger charge is 2.39. The molecule has 2 amide bonds. The number of nitrogens with one attached hydrogen (secondary N) is 3. The Bertz CT molecular complexity index is 2390. The smallest absolute Gasteiger partial charge is 0.282 e. The molecule has 2 aliphatic carbocycles. The van der Waals surface area contributed by atoms with Crippen molar-refractivity contribution in [3.05, 3.63) is 93.7 Å².